The lowest BCUT2D eigenvalue weighted by Crippen LogP contribution is -2.42. The Labute approximate surface area is 151 Å². The van der Waals surface area contributed by atoms with Crippen LogP contribution in [0.15, 0.2) is 18.3 Å². The summed E-state index contributed by atoms with van der Waals surface area (Å²) >= 11 is 0. The minimum absolute atomic E-state index is 0.0579. The molecule has 5 nitrogen and oxygen atoms in total. The molecule has 1 aliphatic rings. The van der Waals surface area contributed by atoms with Gasteiger partial charge in [-0.15, -0.1) is 0 Å². The third kappa shape index (κ3) is 6.16. The molecular weight excluding hydrogens is 349 g/mol. The van der Waals surface area contributed by atoms with Crippen LogP contribution in [0.5, 0.6) is 5.88 Å². The first-order valence-corrected chi connectivity index (χ1v) is 8.65. The van der Waals surface area contributed by atoms with Crippen LogP contribution in [0.2, 0.25) is 0 Å². The third-order valence-electron chi connectivity index (χ3n) is 4.10. The van der Waals surface area contributed by atoms with Gasteiger partial charge >= 0.3 is 6.18 Å². The fourth-order valence-electron chi connectivity index (χ4n) is 2.68. The highest BCUT2D eigenvalue weighted by Crippen LogP contribution is 2.34. The Morgan fingerprint density at radius 3 is 2.35 bits per heavy atom. The van der Waals surface area contributed by atoms with E-state index >= 15 is 0 Å². The number of nitrogens with zero attached hydrogens (tertiary/aromatic N) is 2. The molecule has 0 atom stereocenters. The highest BCUT2D eigenvalue weighted by atomic mass is 19.4. The first-order valence-electron chi connectivity index (χ1n) is 8.65. The minimum atomic E-state index is -4.19. The molecular formula is C18H25F3N2O3. The summed E-state index contributed by atoms with van der Waals surface area (Å²) < 4.78 is 49.1. The second-order valence-corrected chi connectivity index (χ2v) is 7.30. The summed E-state index contributed by atoms with van der Waals surface area (Å²) in [5.41, 5.74) is 0.0980. The van der Waals surface area contributed by atoms with Crippen molar-refractivity contribution < 1.29 is 27.4 Å². The number of hydrogen-bond acceptors (Lipinski definition) is 4. The highest BCUT2D eigenvalue weighted by molar-refractivity contribution is 5.94. The van der Waals surface area contributed by atoms with Gasteiger partial charge in [0.15, 0.2) is 0 Å². The number of likely N-dealkylation sites (tertiary alicyclic amines) is 1. The number of carbonyl (C=O) groups is 1. The number of amides is 1. The Bertz CT molecular complexity index is 589. The molecule has 0 radical (unpaired) electrons. The van der Waals surface area contributed by atoms with E-state index in [1.54, 1.807) is 12.1 Å². The molecule has 0 N–H and O–H groups in total. The van der Waals surface area contributed by atoms with E-state index in [4.69, 9.17) is 9.47 Å². The van der Waals surface area contributed by atoms with Crippen LogP contribution in [0.3, 0.4) is 0 Å². The molecule has 1 aromatic rings. The van der Waals surface area contributed by atoms with Crippen molar-refractivity contribution in [3.8, 4) is 5.88 Å². The topological polar surface area (TPSA) is 51.7 Å². The molecule has 2 heterocycles. The first-order chi connectivity index (χ1) is 12.1. The average molecular weight is 374 g/mol. The van der Waals surface area contributed by atoms with E-state index in [0.29, 0.717) is 24.7 Å². The monoisotopic (exact) mass is 374 g/mol. The number of rotatable bonds is 5. The molecule has 1 aromatic heterocycles. The minimum Gasteiger partial charge on any atom is -0.475 e. The normalized spacial score (nSPS) is 16.6. The molecule has 26 heavy (non-hydrogen) atoms. The van der Waals surface area contributed by atoms with Crippen molar-refractivity contribution in [1.82, 2.24) is 9.88 Å². The third-order valence-corrected chi connectivity index (χ3v) is 4.10. The van der Waals surface area contributed by atoms with Crippen molar-refractivity contribution in [3.63, 3.8) is 0 Å². The Kier molecular flexibility index (Phi) is 6.49. The predicted octanol–water partition coefficient (Wildman–Crippen LogP) is 3.69. The van der Waals surface area contributed by atoms with Crippen LogP contribution in [0.25, 0.3) is 0 Å². The SMILES string of the molecule is CC(C)(C)OCCOc1ccc(C(=O)N2CCC(C(F)(F)F)CC2)cn1. The molecule has 1 fully saturated rings. The molecule has 8 heteroatoms. The van der Waals surface area contributed by atoms with Gasteiger partial charge in [0.1, 0.15) is 6.61 Å². The molecule has 1 aliphatic heterocycles. The van der Waals surface area contributed by atoms with Gasteiger partial charge in [0.2, 0.25) is 5.88 Å². The van der Waals surface area contributed by atoms with Gasteiger partial charge in [0.05, 0.1) is 23.7 Å². The Balaban J connectivity index is 1.82. The summed E-state index contributed by atoms with van der Waals surface area (Å²) in [7, 11) is 0. The van der Waals surface area contributed by atoms with Crippen LogP contribution in [-0.4, -0.2) is 53.9 Å². The molecule has 0 bridgehead atoms. The lowest BCUT2D eigenvalue weighted by molar-refractivity contribution is -0.183. The summed E-state index contributed by atoms with van der Waals surface area (Å²) in [5.74, 6) is -1.26. The van der Waals surface area contributed by atoms with Gasteiger partial charge in [-0.25, -0.2) is 4.98 Å². The van der Waals surface area contributed by atoms with Crippen molar-refractivity contribution >= 4 is 5.91 Å². The number of aromatic nitrogens is 1. The number of carbonyl (C=O) groups excluding carboxylic acids is 1. The summed E-state index contributed by atoms with van der Waals surface area (Å²) in [6.45, 7) is 6.80. The van der Waals surface area contributed by atoms with Crippen LogP contribution >= 0.6 is 0 Å². The number of hydrogen-bond donors (Lipinski definition) is 0. The molecule has 2 rings (SSSR count). The van der Waals surface area contributed by atoms with Crippen LogP contribution in [-0.2, 0) is 4.74 Å². The molecule has 0 saturated carbocycles. The van der Waals surface area contributed by atoms with E-state index in [0.717, 1.165) is 0 Å². The smallest absolute Gasteiger partial charge is 0.391 e. The predicted molar refractivity (Wildman–Crippen MR) is 90.1 cm³/mol. The zero-order chi connectivity index (χ0) is 19.4. The molecule has 146 valence electrons. The van der Waals surface area contributed by atoms with Gasteiger partial charge < -0.3 is 14.4 Å². The van der Waals surface area contributed by atoms with Crippen LogP contribution in [0.1, 0.15) is 44.0 Å². The van der Waals surface area contributed by atoms with Crippen molar-refractivity contribution in [2.45, 2.75) is 45.4 Å². The lowest BCUT2D eigenvalue weighted by atomic mass is 9.96. The largest absolute Gasteiger partial charge is 0.475 e. The van der Waals surface area contributed by atoms with E-state index in [9.17, 15) is 18.0 Å². The quantitative estimate of drug-likeness (QED) is 0.738. The van der Waals surface area contributed by atoms with E-state index in [1.807, 2.05) is 20.8 Å². The van der Waals surface area contributed by atoms with E-state index in [2.05, 4.69) is 4.98 Å². The average Bonchev–Trinajstić information content (AvgIpc) is 2.57. The van der Waals surface area contributed by atoms with Crippen molar-refractivity contribution in [1.29, 1.82) is 0 Å². The summed E-state index contributed by atoms with van der Waals surface area (Å²) in [4.78, 5) is 17.9. The molecule has 0 aromatic carbocycles. The van der Waals surface area contributed by atoms with Gasteiger partial charge in [0.25, 0.3) is 5.91 Å². The van der Waals surface area contributed by atoms with Gasteiger partial charge in [-0.3, -0.25) is 4.79 Å². The molecule has 1 amide bonds. The van der Waals surface area contributed by atoms with Crippen molar-refractivity contribution in [3.05, 3.63) is 23.9 Å². The Morgan fingerprint density at radius 2 is 1.85 bits per heavy atom. The zero-order valence-corrected chi connectivity index (χ0v) is 15.3. The molecule has 0 unspecified atom stereocenters. The highest BCUT2D eigenvalue weighted by Gasteiger charge is 2.41. The van der Waals surface area contributed by atoms with Crippen molar-refractivity contribution in [2.24, 2.45) is 5.92 Å². The summed E-state index contributed by atoms with van der Waals surface area (Å²) in [6, 6.07) is 3.15. The zero-order valence-electron chi connectivity index (χ0n) is 15.3. The van der Waals surface area contributed by atoms with Gasteiger partial charge in [-0.1, -0.05) is 0 Å². The standard InChI is InChI=1S/C18H25F3N2O3/c1-17(2,3)26-11-10-25-15-5-4-13(12-22-15)16(24)23-8-6-14(7-9-23)18(19,20)21/h4-5,12,14H,6-11H2,1-3H3. The van der Waals surface area contributed by atoms with E-state index in [-0.39, 0.29) is 37.4 Å². The summed E-state index contributed by atoms with van der Waals surface area (Å²) in [6.07, 6.45) is -2.92. The Hall–Kier alpha value is -1.83. The second kappa shape index (κ2) is 8.24. The van der Waals surface area contributed by atoms with Gasteiger partial charge in [-0.05, 0) is 39.7 Å². The fourth-order valence-corrected chi connectivity index (χ4v) is 2.68. The van der Waals surface area contributed by atoms with Crippen LogP contribution < -0.4 is 4.74 Å². The van der Waals surface area contributed by atoms with E-state index in [1.165, 1.54) is 11.1 Å². The van der Waals surface area contributed by atoms with Crippen LogP contribution in [0.4, 0.5) is 13.2 Å². The molecule has 1 saturated heterocycles. The lowest BCUT2D eigenvalue weighted by Gasteiger charge is -2.32. The molecule has 0 spiro atoms. The first kappa shape index (κ1) is 20.5. The maximum absolute atomic E-state index is 12.7. The number of pyridine rings is 1. The second-order valence-electron chi connectivity index (χ2n) is 7.30. The summed E-state index contributed by atoms with van der Waals surface area (Å²) in [5, 5.41) is 0. The number of alkyl halides is 3. The maximum Gasteiger partial charge on any atom is 0.391 e. The number of ether oxygens (including phenoxy) is 2. The number of piperidine rings is 1. The van der Waals surface area contributed by atoms with Gasteiger partial charge in [-0.2, -0.15) is 13.2 Å². The Morgan fingerprint density at radius 1 is 1.19 bits per heavy atom. The molecule has 0 aliphatic carbocycles. The van der Waals surface area contributed by atoms with Crippen LogP contribution in [0, 0.1) is 5.92 Å². The van der Waals surface area contributed by atoms with Crippen molar-refractivity contribution in [2.75, 3.05) is 26.3 Å². The fraction of sp³-hybridized carbons (Fsp3) is 0.667. The van der Waals surface area contributed by atoms with E-state index < -0.39 is 12.1 Å². The maximum atomic E-state index is 12.7. The van der Waals surface area contributed by atoms with Gasteiger partial charge in [0, 0.05) is 25.4 Å². The number of halogens is 3.